The maximum Gasteiger partial charge on any atom is 0.287 e. The molecule has 0 atom stereocenters. The molecule has 204 valence electrons. The van der Waals surface area contributed by atoms with Gasteiger partial charge in [-0.15, -0.1) is 0 Å². The summed E-state index contributed by atoms with van der Waals surface area (Å²) < 4.78 is 10.7. The van der Waals surface area contributed by atoms with Crippen LogP contribution >= 0.6 is 11.6 Å². The zero-order valence-corrected chi connectivity index (χ0v) is 22.1. The molecule has 0 unspecified atom stereocenters. The van der Waals surface area contributed by atoms with Crippen molar-refractivity contribution in [2.75, 3.05) is 12.2 Å². The molecule has 0 spiro atoms. The fourth-order valence-electron chi connectivity index (χ4n) is 3.72. The van der Waals surface area contributed by atoms with Crippen molar-refractivity contribution in [3.63, 3.8) is 0 Å². The lowest BCUT2D eigenvalue weighted by atomic mass is 10.0. The first-order valence-electron chi connectivity index (χ1n) is 12.3. The first-order chi connectivity index (χ1) is 20.0. The van der Waals surface area contributed by atoms with Gasteiger partial charge in [0, 0.05) is 11.1 Å². The summed E-state index contributed by atoms with van der Waals surface area (Å²) in [5.74, 6) is -0.428. The molecule has 0 fully saturated rings. The van der Waals surface area contributed by atoms with Crippen LogP contribution in [0.4, 0.5) is 5.69 Å². The number of ketones is 1. The number of hydrogen-bond donors (Lipinski definition) is 3. The Morgan fingerprint density at radius 3 is 2.54 bits per heavy atom. The van der Waals surface area contributed by atoms with Crippen LogP contribution in [0.25, 0.3) is 6.08 Å². The second kappa shape index (κ2) is 12.6. The van der Waals surface area contributed by atoms with Gasteiger partial charge >= 0.3 is 0 Å². The summed E-state index contributed by atoms with van der Waals surface area (Å²) in [6, 6.07) is 20.6. The smallest absolute Gasteiger partial charge is 0.287 e. The minimum absolute atomic E-state index is 0.0788. The molecule has 0 bridgehead atoms. The van der Waals surface area contributed by atoms with Gasteiger partial charge in [0.1, 0.15) is 5.70 Å². The molecule has 0 saturated heterocycles. The normalized spacial score (nSPS) is 15.1. The van der Waals surface area contributed by atoms with Crippen LogP contribution in [0.3, 0.4) is 0 Å². The highest BCUT2D eigenvalue weighted by Crippen LogP contribution is 2.33. The van der Waals surface area contributed by atoms with Crippen molar-refractivity contribution in [1.82, 2.24) is 10.7 Å². The van der Waals surface area contributed by atoms with Crippen molar-refractivity contribution >= 4 is 52.9 Å². The molecule has 41 heavy (non-hydrogen) atoms. The fourth-order valence-corrected chi connectivity index (χ4v) is 3.89. The number of halogens is 1. The first kappa shape index (κ1) is 27.1. The van der Waals surface area contributed by atoms with Crippen molar-refractivity contribution < 1.29 is 23.9 Å². The van der Waals surface area contributed by atoms with E-state index < -0.39 is 11.8 Å². The molecule has 1 aliphatic heterocycles. The summed E-state index contributed by atoms with van der Waals surface area (Å²) in [7, 11) is 0. The van der Waals surface area contributed by atoms with Gasteiger partial charge in [0.05, 0.1) is 22.6 Å². The molecule has 1 heterocycles. The van der Waals surface area contributed by atoms with Crippen LogP contribution in [-0.4, -0.2) is 36.3 Å². The molecule has 10 nitrogen and oxygen atoms in total. The zero-order chi connectivity index (χ0) is 28.6. The average Bonchev–Trinajstić information content (AvgIpc) is 3.46. The highest BCUT2D eigenvalue weighted by molar-refractivity contribution is 6.33. The molecular formula is C30H22ClN5O5. The summed E-state index contributed by atoms with van der Waals surface area (Å²) in [6.07, 6.45) is 7.05. The van der Waals surface area contributed by atoms with E-state index in [2.05, 4.69) is 26.4 Å². The van der Waals surface area contributed by atoms with E-state index >= 15 is 0 Å². The summed E-state index contributed by atoms with van der Waals surface area (Å²) in [5, 5.41) is 11.3. The molecule has 5 rings (SSSR count). The Labute approximate surface area is 239 Å². The van der Waals surface area contributed by atoms with E-state index in [0.717, 1.165) is 0 Å². The summed E-state index contributed by atoms with van der Waals surface area (Å²) in [4.78, 5) is 38.3. The molecule has 3 aromatic rings. The second-order valence-corrected chi connectivity index (χ2v) is 9.02. The Kier molecular flexibility index (Phi) is 8.32. The summed E-state index contributed by atoms with van der Waals surface area (Å²) in [6.45, 7) is 0.0988. The Morgan fingerprint density at radius 1 is 0.927 bits per heavy atom. The van der Waals surface area contributed by atoms with Gasteiger partial charge in [0.2, 0.25) is 6.79 Å². The van der Waals surface area contributed by atoms with E-state index in [4.69, 9.17) is 21.1 Å². The van der Waals surface area contributed by atoms with Gasteiger partial charge in [-0.2, -0.15) is 10.2 Å². The number of carbonyl (C=O) groups excluding carboxylic acids is 3. The predicted octanol–water partition coefficient (Wildman–Crippen LogP) is 4.48. The number of hydrazone groups is 2. The van der Waals surface area contributed by atoms with Crippen LogP contribution in [0.2, 0.25) is 5.02 Å². The fraction of sp³-hybridized carbons (Fsp3) is 0.0333. The van der Waals surface area contributed by atoms with Gasteiger partial charge in [-0.3, -0.25) is 19.8 Å². The van der Waals surface area contributed by atoms with Gasteiger partial charge < -0.3 is 14.8 Å². The van der Waals surface area contributed by atoms with Crippen LogP contribution in [-0.2, 0) is 9.59 Å². The van der Waals surface area contributed by atoms with E-state index in [0.29, 0.717) is 39.0 Å². The van der Waals surface area contributed by atoms with Crippen molar-refractivity contribution in [3.8, 4) is 11.5 Å². The topological polar surface area (TPSA) is 130 Å². The third kappa shape index (κ3) is 6.94. The van der Waals surface area contributed by atoms with E-state index in [9.17, 15) is 14.4 Å². The number of allylic oxidation sites excluding steroid dienone is 4. The van der Waals surface area contributed by atoms with Gasteiger partial charge in [0.25, 0.3) is 11.8 Å². The highest BCUT2D eigenvalue weighted by atomic mass is 35.5. The third-order valence-electron chi connectivity index (χ3n) is 5.78. The predicted molar refractivity (Wildman–Crippen MR) is 156 cm³/mol. The molecule has 2 amide bonds. The molecule has 3 aromatic carbocycles. The second-order valence-electron chi connectivity index (χ2n) is 8.62. The van der Waals surface area contributed by atoms with Crippen molar-refractivity contribution in [2.24, 2.45) is 10.2 Å². The first-order valence-corrected chi connectivity index (χ1v) is 12.7. The molecule has 11 heteroatoms. The third-order valence-corrected chi connectivity index (χ3v) is 6.11. The van der Waals surface area contributed by atoms with Crippen LogP contribution in [0.5, 0.6) is 11.5 Å². The molecule has 0 saturated carbocycles. The Hall–Kier alpha value is -5.48. The maximum atomic E-state index is 13.1. The number of ether oxygens (including phenoxy) is 2. The quantitative estimate of drug-likeness (QED) is 0.159. The van der Waals surface area contributed by atoms with Gasteiger partial charge in [-0.25, -0.2) is 5.43 Å². The summed E-state index contributed by atoms with van der Waals surface area (Å²) >= 11 is 6.14. The number of nitrogens with one attached hydrogen (secondary N) is 3. The summed E-state index contributed by atoms with van der Waals surface area (Å²) in [5.41, 5.74) is 7.30. The lowest BCUT2D eigenvalue weighted by Crippen LogP contribution is -2.33. The number of carbonyl (C=O) groups is 3. The standard InChI is InChI=1S/C30H22ClN5O5/c31-23-8-4-5-9-24(23)35-34-22-11-12-26(37)21(16-22)17-32-36-30(39)25(33-29(38)20-6-2-1-3-7-20)14-19-10-13-27-28(15-19)41-18-40-27/h1-17,35H,18H2,(H,33,38)(H,36,39). The molecule has 0 aromatic heterocycles. The van der Waals surface area contributed by atoms with E-state index in [1.165, 1.54) is 30.5 Å². The molecular weight excluding hydrogens is 546 g/mol. The van der Waals surface area contributed by atoms with Crippen LogP contribution in [0, 0.1) is 0 Å². The number of nitrogens with zero attached hydrogens (tertiary/aromatic N) is 2. The minimum atomic E-state index is -0.711. The van der Waals surface area contributed by atoms with Crippen molar-refractivity contribution in [2.45, 2.75) is 0 Å². The van der Waals surface area contributed by atoms with Gasteiger partial charge in [-0.1, -0.05) is 48.0 Å². The monoisotopic (exact) mass is 567 g/mol. The van der Waals surface area contributed by atoms with Crippen molar-refractivity contribution in [3.05, 3.63) is 118 Å². The van der Waals surface area contributed by atoms with Crippen molar-refractivity contribution in [1.29, 1.82) is 0 Å². The average molecular weight is 568 g/mol. The molecule has 3 N–H and O–H groups in total. The number of fused-ring (bicyclic) bond motifs is 1. The largest absolute Gasteiger partial charge is 0.454 e. The van der Waals surface area contributed by atoms with Gasteiger partial charge in [-0.05, 0) is 66.3 Å². The Morgan fingerprint density at radius 2 is 1.71 bits per heavy atom. The number of hydrogen-bond acceptors (Lipinski definition) is 8. The number of anilines is 1. The number of rotatable bonds is 8. The maximum absolute atomic E-state index is 13.1. The van der Waals surface area contributed by atoms with E-state index in [1.807, 2.05) is 6.07 Å². The molecule has 0 radical (unpaired) electrons. The van der Waals surface area contributed by atoms with E-state index in [1.54, 1.807) is 66.7 Å². The lowest BCUT2D eigenvalue weighted by molar-refractivity contribution is -0.117. The number of amides is 2. The molecule has 2 aliphatic rings. The lowest BCUT2D eigenvalue weighted by Gasteiger charge is -2.10. The number of para-hydroxylation sites is 1. The van der Waals surface area contributed by atoms with E-state index in [-0.39, 0.29) is 23.8 Å². The Balaban J connectivity index is 1.32. The molecule has 1 aliphatic carbocycles. The van der Waals surface area contributed by atoms with Crippen LogP contribution < -0.4 is 25.6 Å². The van der Waals surface area contributed by atoms with Crippen LogP contribution in [0.15, 0.2) is 112 Å². The van der Waals surface area contributed by atoms with Crippen LogP contribution in [0.1, 0.15) is 15.9 Å². The minimum Gasteiger partial charge on any atom is -0.454 e. The zero-order valence-electron chi connectivity index (χ0n) is 21.3. The van der Waals surface area contributed by atoms with Gasteiger partial charge in [0.15, 0.2) is 17.3 Å². The highest BCUT2D eigenvalue weighted by Gasteiger charge is 2.17. The number of benzene rings is 3. The SMILES string of the molecule is O=C1C=CC(=NNc2ccccc2Cl)C=C1C=NNC(=O)C(=Cc1ccc2c(c1)OCO2)NC(=O)c1ccccc1. The Bertz CT molecular complexity index is 1660.